The summed E-state index contributed by atoms with van der Waals surface area (Å²) < 4.78 is 40.3. The van der Waals surface area contributed by atoms with Crippen LogP contribution in [0, 0.1) is 0 Å². The fourth-order valence-electron chi connectivity index (χ4n) is 2.03. The highest BCUT2D eigenvalue weighted by atomic mass is 32.2. The maximum absolute atomic E-state index is 12.2. The zero-order valence-corrected chi connectivity index (χ0v) is 15.4. The van der Waals surface area contributed by atoms with E-state index in [-0.39, 0.29) is 23.3 Å². The summed E-state index contributed by atoms with van der Waals surface area (Å²) in [6.07, 6.45) is -4.79. The van der Waals surface area contributed by atoms with E-state index in [1.165, 1.54) is 17.0 Å². The van der Waals surface area contributed by atoms with Gasteiger partial charge in [-0.1, -0.05) is 24.3 Å². The number of benzene rings is 2. The molecule has 0 aliphatic heterocycles. The molecule has 0 aliphatic carbocycles. The summed E-state index contributed by atoms with van der Waals surface area (Å²) >= 11 is 0.983. The Morgan fingerprint density at radius 1 is 1.07 bits per heavy atom. The van der Waals surface area contributed by atoms with Crippen molar-refractivity contribution >= 4 is 28.6 Å². The molecule has 2 aromatic carbocycles. The third kappa shape index (κ3) is 6.86. The van der Waals surface area contributed by atoms with Crippen molar-refractivity contribution in [2.45, 2.75) is 17.7 Å². The van der Waals surface area contributed by atoms with E-state index in [1.807, 2.05) is 0 Å². The van der Waals surface area contributed by atoms with Gasteiger partial charge in [0.25, 0.3) is 5.24 Å². The Bertz CT molecular complexity index is 808. The number of rotatable bonds is 5. The van der Waals surface area contributed by atoms with Crippen LogP contribution in [-0.2, 0) is 11.2 Å². The number of nitrogens with one attached hydrogen (secondary N) is 1. The third-order valence-corrected chi connectivity index (χ3v) is 4.36. The quantitative estimate of drug-likeness (QED) is 0.752. The number of anilines is 1. The number of hydrogen-bond donors (Lipinski definition) is 1. The first-order valence-corrected chi connectivity index (χ1v) is 8.58. The van der Waals surface area contributed by atoms with Gasteiger partial charge >= 0.3 is 6.36 Å². The maximum Gasteiger partial charge on any atom is 0.573 e. The molecule has 0 bridgehead atoms. The Labute approximate surface area is 158 Å². The number of hydrogen-bond acceptors (Lipinski definition) is 4. The second kappa shape index (κ2) is 8.81. The Balaban J connectivity index is 2.01. The second-order valence-electron chi connectivity index (χ2n) is 5.68. The van der Waals surface area contributed by atoms with E-state index in [2.05, 4.69) is 10.1 Å². The molecule has 1 N–H and O–H groups in total. The molecule has 0 saturated heterocycles. The van der Waals surface area contributed by atoms with Crippen LogP contribution in [0.4, 0.5) is 23.7 Å². The Hall–Kier alpha value is -2.68. The minimum Gasteiger partial charge on any atom is -0.406 e. The van der Waals surface area contributed by atoms with E-state index in [1.54, 1.807) is 38.4 Å². The predicted octanol–water partition coefficient (Wildman–Crippen LogP) is 4.54. The summed E-state index contributed by atoms with van der Waals surface area (Å²) in [6, 6.07) is 11.9. The summed E-state index contributed by atoms with van der Waals surface area (Å²) in [6.45, 7) is 0. The zero-order chi connectivity index (χ0) is 20.0. The van der Waals surface area contributed by atoms with Gasteiger partial charge in [-0.3, -0.25) is 9.59 Å². The maximum atomic E-state index is 12.2. The highest BCUT2D eigenvalue weighted by Gasteiger charge is 2.30. The molecule has 9 heteroatoms. The molecule has 0 radical (unpaired) electrons. The standard InChI is InChI=1S/C18H17F3N2O3S/c1-23(2)17(25)27-15-6-4-3-5-14(15)22-16(24)11-12-7-9-13(10-8-12)26-18(19,20)21/h3-10H,11H2,1-2H3,(H,22,24). The summed E-state index contributed by atoms with van der Waals surface area (Å²) in [4.78, 5) is 26.1. The highest BCUT2D eigenvalue weighted by Crippen LogP contribution is 2.29. The lowest BCUT2D eigenvalue weighted by Gasteiger charge is -2.13. The Morgan fingerprint density at radius 2 is 1.70 bits per heavy atom. The number of halogens is 3. The van der Waals surface area contributed by atoms with Crippen molar-refractivity contribution in [2.24, 2.45) is 0 Å². The average molecular weight is 398 g/mol. The van der Waals surface area contributed by atoms with Gasteiger partial charge in [-0.05, 0) is 41.6 Å². The summed E-state index contributed by atoms with van der Waals surface area (Å²) in [5.74, 6) is -0.708. The monoisotopic (exact) mass is 398 g/mol. The molecular weight excluding hydrogens is 381 g/mol. The molecule has 0 spiro atoms. The molecule has 0 aliphatic rings. The molecule has 5 nitrogen and oxygen atoms in total. The lowest BCUT2D eigenvalue weighted by Crippen LogP contribution is -2.18. The van der Waals surface area contributed by atoms with Gasteiger partial charge < -0.3 is 15.0 Å². The van der Waals surface area contributed by atoms with Crippen LogP contribution < -0.4 is 10.1 Å². The topological polar surface area (TPSA) is 58.6 Å². The number of para-hydroxylation sites is 1. The van der Waals surface area contributed by atoms with Crippen LogP contribution in [0.3, 0.4) is 0 Å². The SMILES string of the molecule is CN(C)C(=O)Sc1ccccc1NC(=O)Cc1ccc(OC(F)(F)F)cc1. The fourth-order valence-corrected chi connectivity index (χ4v) is 2.78. The van der Waals surface area contributed by atoms with Crippen molar-refractivity contribution in [1.82, 2.24) is 4.90 Å². The van der Waals surface area contributed by atoms with Crippen molar-refractivity contribution in [3.63, 3.8) is 0 Å². The lowest BCUT2D eigenvalue weighted by molar-refractivity contribution is -0.274. The number of alkyl halides is 3. The molecule has 0 aromatic heterocycles. The van der Waals surface area contributed by atoms with Crippen LogP contribution >= 0.6 is 11.8 Å². The lowest BCUT2D eigenvalue weighted by atomic mass is 10.1. The van der Waals surface area contributed by atoms with Crippen LogP contribution in [0.15, 0.2) is 53.4 Å². The Kier molecular flexibility index (Phi) is 6.73. The minimum atomic E-state index is -4.76. The molecule has 144 valence electrons. The number of carbonyl (C=O) groups excluding carboxylic acids is 2. The summed E-state index contributed by atoms with van der Waals surface area (Å²) in [5.41, 5.74) is 1.01. The van der Waals surface area contributed by atoms with Crippen molar-refractivity contribution in [1.29, 1.82) is 0 Å². The number of ether oxygens (including phenoxy) is 1. The molecule has 27 heavy (non-hydrogen) atoms. The fraction of sp³-hybridized carbons (Fsp3) is 0.222. The smallest absolute Gasteiger partial charge is 0.406 e. The van der Waals surface area contributed by atoms with Crippen molar-refractivity contribution in [2.75, 3.05) is 19.4 Å². The number of thioether (sulfide) groups is 1. The van der Waals surface area contributed by atoms with Gasteiger partial charge in [0, 0.05) is 19.0 Å². The van der Waals surface area contributed by atoms with E-state index in [4.69, 9.17) is 0 Å². The van der Waals surface area contributed by atoms with Gasteiger partial charge in [-0.2, -0.15) is 0 Å². The van der Waals surface area contributed by atoms with Gasteiger partial charge in [-0.25, -0.2) is 0 Å². The molecule has 0 atom stereocenters. The van der Waals surface area contributed by atoms with Gasteiger partial charge in [0.1, 0.15) is 5.75 Å². The molecule has 0 heterocycles. The zero-order valence-electron chi connectivity index (χ0n) is 14.5. The molecule has 0 unspecified atom stereocenters. The predicted molar refractivity (Wildman–Crippen MR) is 96.8 cm³/mol. The van der Waals surface area contributed by atoms with E-state index < -0.39 is 6.36 Å². The molecule has 0 saturated carbocycles. The average Bonchev–Trinajstić information content (AvgIpc) is 2.57. The normalized spacial score (nSPS) is 11.0. The highest BCUT2D eigenvalue weighted by molar-refractivity contribution is 8.13. The molecular formula is C18H17F3N2O3S. The largest absolute Gasteiger partial charge is 0.573 e. The van der Waals surface area contributed by atoms with Gasteiger partial charge in [0.2, 0.25) is 5.91 Å². The number of nitrogens with zero attached hydrogens (tertiary/aromatic N) is 1. The van der Waals surface area contributed by atoms with Crippen LogP contribution in [0.1, 0.15) is 5.56 Å². The summed E-state index contributed by atoms with van der Waals surface area (Å²) in [5, 5.41) is 2.53. The third-order valence-electron chi connectivity index (χ3n) is 3.25. The van der Waals surface area contributed by atoms with E-state index in [0.717, 1.165) is 23.9 Å². The van der Waals surface area contributed by atoms with Gasteiger partial charge in [0.15, 0.2) is 0 Å². The minimum absolute atomic E-state index is 0.0348. The van der Waals surface area contributed by atoms with Crippen molar-refractivity contribution in [3.05, 3.63) is 54.1 Å². The van der Waals surface area contributed by atoms with Crippen molar-refractivity contribution < 1.29 is 27.5 Å². The van der Waals surface area contributed by atoms with Crippen molar-refractivity contribution in [3.8, 4) is 5.75 Å². The Morgan fingerprint density at radius 3 is 2.30 bits per heavy atom. The first-order valence-electron chi connectivity index (χ1n) is 7.77. The molecule has 2 amide bonds. The first kappa shape index (κ1) is 20.6. The van der Waals surface area contributed by atoms with E-state index in [0.29, 0.717) is 16.1 Å². The first-order chi connectivity index (χ1) is 12.6. The molecule has 2 aromatic rings. The van der Waals surface area contributed by atoms with E-state index in [9.17, 15) is 22.8 Å². The van der Waals surface area contributed by atoms with Crippen LogP contribution in [0.5, 0.6) is 5.75 Å². The second-order valence-corrected chi connectivity index (χ2v) is 6.67. The van der Waals surface area contributed by atoms with Gasteiger partial charge in [0.05, 0.1) is 12.1 Å². The van der Waals surface area contributed by atoms with Gasteiger partial charge in [-0.15, -0.1) is 13.2 Å². The molecule has 0 fully saturated rings. The van der Waals surface area contributed by atoms with Crippen LogP contribution in [-0.4, -0.2) is 36.5 Å². The number of carbonyl (C=O) groups is 2. The number of amides is 2. The molecule has 2 rings (SSSR count). The van der Waals surface area contributed by atoms with Crippen LogP contribution in [0.25, 0.3) is 0 Å². The van der Waals surface area contributed by atoms with E-state index >= 15 is 0 Å². The van der Waals surface area contributed by atoms with Crippen LogP contribution in [0.2, 0.25) is 0 Å². The summed E-state index contributed by atoms with van der Waals surface area (Å²) in [7, 11) is 3.26.